The second kappa shape index (κ2) is 6.71. The number of thioether (sulfide) groups is 1. The fourth-order valence-corrected chi connectivity index (χ4v) is 3.42. The summed E-state index contributed by atoms with van der Waals surface area (Å²) in [6.45, 7) is 11.6. The van der Waals surface area contributed by atoms with Gasteiger partial charge in [-0.05, 0) is 47.1 Å². The molecule has 0 fully saturated rings. The van der Waals surface area contributed by atoms with E-state index in [2.05, 4.69) is 25.5 Å². The van der Waals surface area contributed by atoms with E-state index < -0.39 is 0 Å². The van der Waals surface area contributed by atoms with Crippen molar-refractivity contribution in [3.8, 4) is 0 Å². The fourth-order valence-electron chi connectivity index (χ4n) is 2.68. The van der Waals surface area contributed by atoms with Crippen molar-refractivity contribution in [1.29, 1.82) is 0 Å². The quantitative estimate of drug-likeness (QED) is 0.707. The van der Waals surface area contributed by atoms with Crippen LogP contribution in [0, 0.1) is 34.6 Å². The first-order valence-corrected chi connectivity index (χ1v) is 9.25. The Morgan fingerprint density at radius 2 is 1.73 bits per heavy atom. The van der Waals surface area contributed by atoms with E-state index in [4.69, 9.17) is 0 Å². The maximum Gasteiger partial charge on any atom is 0.253 e. The van der Waals surface area contributed by atoms with Crippen LogP contribution in [-0.4, -0.2) is 40.5 Å². The molecule has 0 bridgehead atoms. The average Bonchev–Trinajstić information content (AvgIpc) is 3.08. The predicted octanol–water partition coefficient (Wildman–Crippen LogP) is 2.52. The Bertz CT molecular complexity index is 1000. The lowest BCUT2D eigenvalue weighted by Crippen LogP contribution is -2.23. The van der Waals surface area contributed by atoms with Crippen molar-refractivity contribution in [2.24, 2.45) is 7.05 Å². The summed E-state index contributed by atoms with van der Waals surface area (Å²) in [6, 6.07) is 0. The first kappa shape index (κ1) is 18.4. The number of aromatic nitrogens is 6. The van der Waals surface area contributed by atoms with Crippen LogP contribution >= 0.6 is 11.8 Å². The molecule has 1 N–H and O–H groups in total. The number of nitrogens with one attached hydrogen (secondary N) is 1. The number of carbonyl (C=O) groups excluding carboxylic acids is 1. The minimum atomic E-state index is -0.353. The lowest BCUT2D eigenvalue weighted by atomic mass is 10.2. The molecule has 3 heterocycles. The van der Waals surface area contributed by atoms with E-state index in [1.54, 1.807) is 9.20 Å². The van der Waals surface area contributed by atoms with E-state index in [0.717, 1.165) is 34.0 Å². The Balaban J connectivity index is 1.79. The number of aryl methyl sites for hydroxylation is 4. The van der Waals surface area contributed by atoms with Gasteiger partial charge in [0, 0.05) is 18.4 Å². The summed E-state index contributed by atoms with van der Waals surface area (Å²) in [5.74, 6) is 0.449. The zero-order chi connectivity index (χ0) is 19.2. The van der Waals surface area contributed by atoms with Gasteiger partial charge < -0.3 is 5.32 Å². The number of rotatable bonds is 4. The van der Waals surface area contributed by atoms with E-state index in [9.17, 15) is 4.79 Å². The molecular formula is C17H23N7OS. The van der Waals surface area contributed by atoms with Crippen molar-refractivity contribution >= 4 is 29.1 Å². The molecule has 1 amide bonds. The van der Waals surface area contributed by atoms with Crippen molar-refractivity contribution in [3.05, 3.63) is 28.3 Å². The Morgan fingerprint density at radius 1 is 1.04 bits per heavy atom. The van der Waals surface area contributed by atoms with E-state index in [1.165, 1.54) is 11.8 Å². The van der Waals surface area contributed by atoms with Crippen LogP contribution in [0.3, 0.4) is 0 Å². The number of nitrogens with zero attached hydrogens (tertiary/aromatic N) is 6. The number of carbonyl (C=O) groups is 1. The zero-order valence-electron chi connectivity index (χ0n) is 16.1. The molecule has 0 aliphatic rings. The monoisotopic (exact) mass is 373 g/mol. The van der Waals surface area contributed by atoms with Crippen LogP contribution in [0.25, 0.3) is 5.78 Å². The standard InChI is InChI=1S/C17H23N7OS/c1-8-9(2)18-16-20-17(22-24(16)11(8)4)26-13(6)15(25)19-14-10(3)21-23(7)12(14)5/h13H,1-7H3,(H,19,25). The van der Waals surface area contributed by atoms with Crippen LogP contribution < -0.4 is 5.32 Å². The Labute approximate surface area is 156 Å². The van der Waals surface area contributed by atoms with E-state index in [1.807, 2.05) is 48.6 Å². The number of amides is 1. The SMILES string of the molecule is Cc1nc2nc(SC(C)C(=O)Nc3c(C)nn(C)c3C)nn2c(C)c1C. The summed E-state index contributed by atoms with van der Waals surface area (Å²) in [7, 11) is 1.86. The molecule has 138 valence electrons. The molecule has 0 aliphatic carbocycles. The van der Waals surface area contributed by atoms with Gasteiger partial charge in [-0.25, -0.2) is 9.50 Å². The molecule has 3 aromatic heterocycles. The van der Waals surface area contributed by atoms with Gasteiger partial charge in [-0.15, -0.1) is 5.10 Å². The lowest BCUT2D eigenvalue weighted by molar-refractivity contribution is -0.115. The summed E-state index contributed by atoms with van der Waals surface area (Å²) in [5.41, 5.74) is 5.51. The summed E-state index contributed by atoms with van der Waals surface area (Å²) < 4.78 is 3.48. The Hall–Kier alpha value is -2.42. The van der Waals surface area contributed by atoms with Crippen molar-refractivity contribution < 1.29 is 4.79 Å². The van der Waals surface area contributed by atoms with Gasteiger partial charge in [0.05, 0.1) is 22.3 Å². The summed E-state index contributed by atoms with van der Waals surface area (Å²) in [5, 5.41) is 12.0. The van der Waals surface area contributed by atoms with Gasteiger partial charge in [0.15, 0.2) is 0 Å². The van der Waals surface area contributed by atoms with Crippen LogP contribution in [0.15, 0.2) is 5.16 Å². The van der Waals surface area contributed by atoms with Crippen LogP contribution in [0.5, 0.6) is 0 Å². The molecule has 9 heteroatoms. The molecule has 0 saturated carbocycles. The Morgan fingerprint density at radius 3 is 2.35 bits per heavy atom. The fraction of sp³-hybridized carbons (Fsp3) is 0.471. The summed E-state index contributed by atoms with van der Waals surface area (Å²) >= 11 is 1.31. The number of hydrogen-bond donors (Lipinski definition) is 1. The Kier molecular flexibility index (Phi) is 4.74. The predicted molar refractivity (Wildman–Crippen MR) is 102 cm³/mol. The molecular weight excluding hydrogens is 350 g/mol. The van der Waals surface area contributed by atoms with E-state index >= 15 is 0 Å². The molecule has 0 spiro atoms. The molecule has 0 saturated heterocycles. The topological polar surface area (TPSA) is 90.0 Å². The van der Waals surface area contributed by atoms with Gasteiger partial charge in [-0.3, -0.25) is 9.48 Å². The smallest absolute Gasteiger partial charge is 0.253 e. The molecule has 0 aliphatic heterocycles. The van der Waals surface area contributed by atoms with E-state index in [0.29, 0.717) is 10.9 Å². The highest BCUT2D eigenvalue weighted by Crippen LogP contribution is 2.24. The van der Waals surface area contributed by atoms with Crippen LogP contribution in [0.4, 0.5) is 5.69 Å². The highest BCUT2D eigenvalue weighted by atomic mass is 32.2. The maximum atomic E-state index is 12.6. The third-order valence-electron chi connectivity index (χ3n) is 4.65. The lowest BCUT2D eigenvalue weighted by Gasteiger charge is -2.10. The minimum absolute atomic E-state index is 0.106. The number of hydrogen-bond acceptors (Lipinski definition) is 6. The molecule has 3 aromatic rings. The first-order valence-electron chi connectivity index (χ1n) is 8.37. The maximum absolute atomic E-state index is 12.6. The van der Waals surface area contributed by atoms with E-state index in [-0.39, 0.29) is 11.2 Å². The molecule has 8 nitrogen and oxygen atoms in total. The van der Waals surface area contributed by atoms with Crippen molar-refractivity contribution in [3.63, 3.8) is 0 Å². The summed E-state index contributed by atoms with van der Waals surface area (Å²) in [6.07, 6.45) is 0. The third-order valence-corrected chi connectivity index (χ3v) is 5.60. The average molecular weight is 373 g/mol. The van der Waals surface area contributed by atoms with Crippen molar-refractivity contribution in [1.82, 2.24) is 29.4 Å². The second-order valence-electron chi connectivity index (χ2n) is 6.43. The minimum Gasteiger partial charge on any atom is -0.322 e. The zero-order valence-corrected chi connectivity index (χ0v) is 16.9. The van der Waals surface area contributed by atoms with Crippen LogP contribution in [-0.2, 0) is 11.8 Å². The molecule has 1 atom stereocenters. The largest absolute Gasteiger partial charge is 0.322 e. The first-order chi connectivity index (χ1) is 12.2. The second-order valence-corrected chi connectivity index (χ2v) is 7.74. The normalized spacial score (nSPS) is 12.6. The molecule has 26 heavy (non-hydrogen) atoms. The van der Waals surface area contributed by atoms with Gasteiger partial charge in [0.2, 0.25) is 11.1 Å². The number of fused-ring (bicyclic) bond motifs is 1. The van der Waals surface area contributed by atoms with Crippen LogP contribution in [0.2, 0.25) is 0 Å². The highest BCUT2D eigenvalue weighted by Gasteiger charge is 2.21. The van der Waals surface area contributed by atoms with Gasteiger partial charge in [-0.1, -0.05) is 11.8 Å². The van der Waals surface area contributed by atoms with Gasteiger partial charge in [0.1, 0.15) is 0 Å². The van der Waals surface area contributed by atoms with Gasteiger partial charge in [0.25, 0.3) is 5.78 Å². The molecule has 0 aromatic carbocycles. The van der Waals surface area contributed by atoms with Crippen LogP contribution in [0.1, 0.15) is 35.3 Å². The molecule has 0 radical (unpaired) electrons. The van der Waals surface area contributed by atoms with Gasteiger partial charge in [-0.2, -0.15) is 10.1 Å². The number of anilines is 1. The summed E-state index contributed by atoms with van der Waals surface area (Å²) in [4.78, 5) is 21.5. The van der Waals surface area contributed by atoms with Gasteiger partial charge >= 0.3 is 0 Å². The third kappa shape index (κ3) is 3.18. The molecule has 3 rings (SSSR count). The van der Waals surface area contributed by atoms with Crippen molar-refractivity contribution in [2.75, 3.05) is 5.32 Å². The highest BCUT2D eigenvalue weighted by molar-refractivity contribution is 8.00. The molecule has 1 unspecified atom stereocenters. The van der Waals surface area contributed by atoms with Crippen molar-refractivity contribution in [2.45, 2.75) is 51.9 Å².